The highest BCUT2D eigenvalue weighted by Gasteiger charge is 2.18. The number of methoxy groups -OCH3 is 2. The zero-order valence-electron chi connectivity index (χ0n) is 14.5. The van der Waals surface area contributed by atoms with Crippen molar-refractivity contribution in [2.45, 2.75) is 6.92 Å². The van der Waals surface area contributed by atoms with Crippen LogP contribution in [0.25, 0.3) is 10.9 Å². The Kier molecular flexibility index (Phi) is 4.86. The van der Waals surface area contributed by atoms with Crippen molar-refractivity contribution < 1.29 is 19.1 Å². The highest BCUT2D eigenvalue weighted by atomic mass is 35.5. The normalized spacial score (nSPS) is 10.6. The predicted octanol–water partition coefficient (Wildman–Crippen LogP) is 4.22. The molecular weight excluding hydrogens is 356 g/mol. The lowest BCUT2D eigenvalue weighted by atomic mass is 10.1. The minimum absolute atomic E-state index is 0.206. The number of hydrogen-bond donors (Lipinski definition) is 1. The number of anilines is 1. The van der Waals surface area contributed by atoms with Gasteiger partial charge in [0.2, 0.25) is 5.91 Å². The molecule has 0 saturated carbocycles. The number of fused-ring (bicyclic) bond motifs is 1. The van der Waals surface area contributed by atoms with Gasteiger partial charge in [0, 0.05) is 35.3 Å². The molecule has 1 aromatic heterocycles. The molecule has 2 aromatic carbocycles. The summed E-state index contributed by atoms with van der Waals surface area (Å²) in [5, 5.41) is 3.94. The van der Waals surface area contributed by atoms with Crippen LogP contribution in [0, 0.1) is 0 Å². The number of carbonyl (C=O) groups is 2. The number of halogens is 1. The molecule has 0 spiro atoms. The van der Waals surface area contributed by atoms with E-state index in [0.717, 1.165) is 0 Å². The number of amides is 1. The van der Waals surface area contributed by atoms with Crippen LogP contribution in [0.2, 0.25) is 5.02 Å². The first-order valence-corrected chi connectivity index (χ1v) is 8.17. The lowest BCUT2D eigenvalue weighted by molar-refractivity contribution is 0.0941. The van der Waals surface area contributed by atoms with Crippen molar-refractivity contribution >= 4 is 40.0 Å². The van der Waals surface area contributed by atoms with Crippen LogP contribution in [-0.4, -0.2) is 30.6 Å². The Labute approximate surface area is 155 Å². The summed E-state index contributed by atoms with van der Waals surface area (Å²) in [6.07, 6.45) is 1.51. The Morgan fingerprint density at radius 3 is 2.42 bits per heavy atom. The largest absolute Gasteiger partial charge is 0.493 e. The van der Waals surface area contributed by atoms with Gasteiger partial charge in [0.05, 0.1) is 25.3 Å². The fraction of sp³-hybridized carbons (Fsp3) is 0.158. The highest BCUT2D eigenvalue weighted by molar-refractivity contribution is 6.31. The summed E-state index contributed by atoms with van der Waals surface area (Å²) in [6.45, 7) is 1.43. The fourth-order valence-corrected chi connectivity index (χ4v) is 2.92. The summed E-state index contributed by atoms with van der Waals surface area (Å²) in [6, 6.07) is 10.1. The zero-order chi connectivity index (χ0) is 18.8. The van der Waals surface area contributed by atoms with Crippen molar-refractivity contribution in [3.05, 3.63) is 53.2 Å². The summed E-state index contributed by atoms with van der Waals surface area (Å²) in [4.78, 5) is 24.6. The number of nitrogens with zero attached hydrogens (tertiary/aromatic N) is 1. The van der Waals surface area contributed by atoms with Crippen LogP contribution in [0.5, 0.6) is 11.5 Å². The van der Waals surface area contributed by atoms with Gasteiger partial charge in [0.25, 0.3) is 5.91 Å². The van der Waals surface area contributed by atoms with Gasteiger partial charge < -0.3 is 14.8 Å². The summed E-state index contributed by atoms with van der Waals surface area (Å²) >= 11 is 6.02. The van der Waals surface area contributed by atoms with Gasteiger partial charge in [-0.1, -0.05) is 17.7 Å². The minimum atomic E-state index is -0.343. The molecule has 0 saturated heterocycles. The molecule has 0 bridgehead atoms. The van der Waals surface area contributed by atoms with Gasteiger partial charge in [-0.15, -0.1) is 0 Å². The van der Waals surface area contributed by atoms with Gasteiger partial charge in [-0.2, -0.15) is 0 Å². The first kappa shape index (κ1) is 17.8. The van der Waals surface area contributed by atoms with Crippen LogP contribution < -0.4 is 14.8 Å². The van der Waals surface area contributed by atoms with E-state index in [1.54, 1.807) is 36.4 Å². The predicted molar refractivity (Wildman–Crippen MR) is 101 cm³/mol. The van der Waals surface area contributed by atoms with E-state index in [1.807, 2.05) is 0 Å². The monoisotopic (exact) mass is 372 g/mol. The van der Waals surface area contributed by atoms with E-state index < -0.39 is 0 Å². The van der Waals surface area contributed by atoms with Gasteiger partial charge in [-0.25, -0.2) is 0 Å². The minimum Gasteiger partial charge on any atom is -0.493 e. The van der Waals surface area contributed by atoms with Crippen LogP contribution in [0.4, 0.5) is 5.69 Å². The third kappa shape index (κ3) is 3.23. The lowest BCUT2D eigenvalue weighted by Gasteiger charge is -2.10. The number of nitrogens with one attached hydrogen (secondary N) is 1. The van der Waals surface area contributed by atoms with Crippen LogP contribution in [0.3, 0.4) is 0 Å². The zero-order valence-corrected chi connectivity index (χ0v) is 15.3. The Bertz CT molecular complexity index is 1010. The maximum atomic E-state index is 12.8. The molecule has 3 rings (SSSR count). The SMILES string of the molecule is COc1ccc(NC(=O)c2cn(C(C)=O)c3cc(Cl)ccc23)cc1OC. The fourth-order valence-electron chi connectivity index (χ4n) is 2.75. The molecule has 0 aliphatic carbocycles. The Morgan fingerprint density at radius 1 is 1.04 bits per heavy atom. The molecule has 0 aliphatic heterocycles. The van der Waals surface area contributed by atoms with E-state index in [2.05, 4.69) is 5.32 Å². The van der Waals surface area contributed by atoms with Crippen LogP contribution in [0.1, 0.15) is 22.1 Å². The van der Waals surface area contributed by atoms with Crippen molar-refractivity contribution in [1.82, 2.24) is 4.57 Å². The summed E-state index contributed by atoms with van der Waals surface area (Å²) in [5.41, 5.74) is 1.51. The number of benzene rings is 2. The van der Waals surface area contributed by atoms with Crippen molar-refractivity contribution in [1.29, 1.82) is 0 Å². The summed E-state index contributed by atoms with van der Waals surface area (Å²) < 4.78 is 11.8. The quantitative estimate of drug-likeness (QED) is 0.744. The number of rotatable bonds is 4. The lowest BCUT2D eigenvalue weighted by Crippen LogP contribution is -2.12. The molecule has 3 aromatic rings. The van der Waals surface area contributed by atoms with Gasteiger partial charge in [0.15, 0.2) is 11.5 Å². The average molecular weight is 373 g/mol. The third-order valence-corrected chi connectivity index (χ3v) is 4.23. The molecule has 0 radical (unpaired) electrons. The van der Waals surface area contributed by atoms with Gasteiger partial charge in [0.1, 0.15) is 0 Å². The van der Waals surface area contributed by atoms with Crippen LogP contribution in [-0.2, 0) is 0 Å². The molecule has 134 valence electrons. The third-order valence-electron chi connectivity index (χ3n) is 3.99. The maximum Gasteiger partial charge on any atom is 0.257 e. The number of hydrogen-bond acceptors (Lipinski definition) is 4. The smallest absolute Gasteiger partial charge is 0.257 e. The topological polar surface area (TPSA) is 69.6 Å². The van der Waals surface area contributed by atoms with Crippen molar-refractivity contribution in [3.63, 3.8) is 0 Å². The second-order valence-corrected chi connectivity index (χ2v) is 6.05. The molecule has 0 unspecified atom stereocenters. The first-order valence-electron chi connectivity index (χ1n) is 7.79. The van der Waals surface area contributed by atoms with Gasteiger partial charge >= 0.3 is 0 Å². The first-order chi connectivity index (χ1) is 12.4. The molecular formula is C19H17ClN2O4. The van der Waals surface area contributed by atoms with Crippen LogP contribution in [0.15, 0.2) is 42.6 Å². The Morgan fingerprint density at radius 2 is 1.77 bits per heavy atom. The second kappa shape index (κ2) is 7.09. The molecule has 1 N–H and O–H groups in total. The molecule has 0 atom stereocenters. The molecule has 6 nitrogen and oxygen atoms in total. The Balaban J connectivity index is 1.99. The van der Waals surface area contributed by atoms with Crippen molar-refractivity contribution in [2.24, 2.45) is 0 Å². The average Bonchev–Trinajstić information content (AvgIpc) is 3.00. The number of ether oxygens (including phenoxy) is 2. The highest BCUT2D eigenvalue weighted by Crippen LogP contribution is 2.31. The summed E-state index contributed by atoms with van der Waals surface area (Å²) in [7, 11) is 3.06. The molecule has 26 heavy (non-hydrogen) atoms. The number of carbonyl (C=O) groups excluding carboxylic acids is 2. The van der Waals surface area contributed by atoms with Crippen molar-refractivity contribution in [3.8, 4) is 11.5 Å². The standard InChI is InChI=1S/C19H17ClN2O4/c1-11(23)22-10-15(14-6-4-12(20)8-16(14)22)19(24)21-13-5-7-17(25-2)18(9-13)26-3/h4-10H,1-3H3,(H,21,24). The molecule has 0 aliphatic rings. The second-order valence-electron chi connectivity index (χ2n) is 5.62. The molecule has 0 fully saturated rings. The van der Waals surface area contributed by atoms with E-state index >= 15 is 0 Å². The van der Waals surface area contributed by atoms with E-state index in [-0.39, 0.29) is 11.8 Å². The summed E-state index contributed by atoms with van der Waals surface area (Å²) in [5.74, 6) is 0.517. The Hall–Kier alpha value is -2.99. The molecule has 1 amide bonds. The van der Waals surface area contributed by atoms with Gasteiger partial charge in [-0.05, 0) is 24.3 Å². The van der Waals surface area contributed by atoms with E-state index in [1.165, 1.54) is 31.9 Å². The molecule has 1 heterocycles. The van der Waals surface area contributed by atoms with E-state index in [0.29, 0.717) is 38.7 Å². The van der Waals surface area contributed by atoms with E-state index in [9.17, 15) is 9.59 Å². The van der Waals surface area contributed by atoms with Crippen molar-refractivity contribution in [2.75, 3.05) is 19.5 Å². The molecule has 7 heteroatoms. The maximum absolute atomic E-state index is 12.8. The van der Waals surface area contributed by atoms with Crippen LogP contribution >= 0.6 is 11.6 Å². The van der Waals surface area contributed by atoms with Gasteiger partial charge in [-0.3, -0.25) is 14.2 Å². The number of aromatic nitrogens is 1. The van der Waals surface area contributed by atoms with E-state index in [4.69, 9.17) is 21.1 Å².